The van der Waals surface area contributed by atoms with E-state index in [1.165, 1.54) is 0 Å². The zero-order valence-corrected chi connectivity index (χ0v) is 11.6. The van der Waals surface area contributed by atoms with Crippen molar-refractivity contribution in [3.05, 3.63) is 18.0 Å². The molecule has 1 N–H and O–H groups in total. The summed E-state index contributed by atoms with van der Waals surface area (Å²) in [5.41, 5.74) is 1.24. The molecule has 0 atom stereocenters. The van der Waals surface area contributed by atoms with Gasteiger partial charge in [-0.15, -0.1) is 0 Å². The highest BCUT2D eigenvalue weighted by Gasteiger charge is 2.09. The molecular weight excluding hydrogens is 212 g/mol. The molecule has 0 aromatic carbocycles. The average molecular weight is 236 g/mol. The lowest BCUT2D eigenvalue weighted by Gasteiger charge is -2.21. The molecule has 4 heteroatoms. The minimum absolute atomic E-state index is 0.123. The Kier molecular flexibility index (Phi) is 4.87. The van der Waals surface area contributed by atoms with E-state index in [-0.39, 0.29) is 5.54 Å². The van der Waals surface area contributed by atoms with Crippen LogP contribution in [0.3, 0.4) is 0 Å². The summed E-state index contributed by atoms with van der Waals surface area (Å²) in [5, 5.41) is 3.42. The van der Waals surface area contributed by atoms with Crippen LogP contribution in [0.5, 0.6) is 0 Å². The summed E-state index contributed by atoms with van der Waals surface area (Å²) >= 11 is 0. The second kappa shape index (κ2) is 5.96. The molecule has 1 rings (SSSR count). The smallest absolute Gasteiger partial charge is 0.225 e. The van der Waals surface area contributed by atoms with E-state index < -0.39 is 0 Å². The molecule has 0 unspecified atom stereocenters. The van der Waals surface area contributed by atoms with Crippen molar-refractivity contribution < 1.29 is 0 Å². The Bertz CT molecular complexity index is 322. The fraction of sp³-hybridized carbons (Fsp3) is 0.692. The number of hydrogen-bond acceptors (Lipinski definition) is 4. The van der Waals surface area contributed by atoms with Gasteiger partial charge in [-0.05, 0) is 34.6 Å². The maximum atomic E-state index is 4.40. The molecule has 17 heavy (non-hydrogen) atoms. The lowest BCUT2D eigenvalue weighted by atomic mass is 10.1. The van der Waals surface area contributed by atoms with Crippen LogP contribution in [-0.2, 0) is 6.54 Å². The molecule has 0 amide bonds. The Morgan fingerprint density at radius 3 is 2.06 bits per heavy atom. The largest absolute Gasteiger partial charge is 0.341 e. The topological polar surface area (TPSA) is 41.1 Å². The van der Waals surface area contributed by atoms with Gasteiger partial charge in [0.15, 0.2) is 0 Å². The Morgan fingerprint density at radius 2 is 1.65 bits per heavy atom. The van der Waals surface area contributed by atoms with E-state index in [9.17, 15) is 0 Å². The summed E-state index contributed by atoms with van der Waals surface area (Å²) in [6, 6.07) is 0. The van der Waals surface area contributed by atoms with Gasteiger partial charge in [0.05, 0.1) is 0 Å². The number of rotatable bonds is 5. The molecule has 4 nitrogen and oxygen atoms in total. The molecule has 1 aromatic heterocycles. The second-order valence-corrected chi connectivity index (χ2v) is 5.17. The van der Waals surface area contributed by atoms with Gasteiger partial charge in [0.25, 0.3) is 0 Å². The molecule has 96 valence electrons. The van der Waals surface area contributed by atoms with E-state index in [0.717, 1.165) is 31.1 Å². The molecule has 0 aliphatic rings. The summed E-state index contributed by atoms with van der Waals surface area (Å²) in [6.45, 7) is 13.4. The molecule has 0 aliphatic heterocycles. The lowest BCUT2D eigenvalue weighted by Crippen LogP contribution is -2.35. The van der Waals surface area contributed by atoms with Gasteiger partial charge < -0.3 is 10.2 Å². The first-order chi connectivity index (χ1) is 7.96. The van der Waals surface area contributed by atoms with E-state index in [0.29, 0.717) is 0 Å². The van der Waals surface area contributed by atoms with Crippen molar-refractivity contribution in [2.75, 3.05) is 18.0 Å². The molecule has 0 bridgehead atoms. The van der Waals surface area contributed by atoms with E-state index in [4.69, 9.17) is 0 Å². The van der Waals surface area contributed by atoms with Crippen LogP contribution in [0.2, 0.25) is 0 Å². The van der Waals surface area contributed by atoms with Gasteiger partial charge >= 0.3 is 0 Å². The van der Waals surface area contributed by atoms with Crippen molar-refractivity contribution in [1.29, 1.82) is 0 Å². The maximum absolute atomic E-state index is 4.40. The van der Waals surface area contributed by atoms with Crippen LogP contribution in [0.15, 0.2) is 12.4 Å². The Labute approximate surface area is 104 Å². The van der Waals surface area contributed by atoms with Crippen molar-refractivity contribution in [3.63, 3.8) is 0 Å². The molecule has 1 aromatic rings. The van der Waals surface area contributed by atoms with Crippen LogP contribution >= 0.6 is 0 Å². The molecule has 0 saturated heterocycles. The van der Waals surface area contributed by atoms with Gasteiger partial charge in [-0.1, -0.05) is 0 Å². The summed E-state index contributed by atoms with van der Waals surface area (Å²) < 4.78 is 0. The average Bonchev–Trinajstić information content (AvgIpc) is 2.29. The molecular formula is C13H24N4. The lowest BCUT2D eigenvalue weighted by molar-refractivity contribution is 0.423. The zero-order chi connectivity index (χ0) is 12.9. The second-order valence-electron chi connectivity index (χ2n) is 5.17. The zero-order valence-electron chi connectivity index (χ0n) is 11.6. The normalized spacial score (nSPS) is 11.6. The molecule has 0 fully saturated rings. The van der Waals surface area contributed by atoms with Gasteiger partial charge in [0, 0.05) is 43.1 Å². The highest BCUT2D eigenvalue weighted by Crippen LogP contribution is 2.07. The summed E-state index contributed by atoms with van der Waals surface area (Å²) in [4.78, 5) is 10.9. The highest BCUT2D eigenvalue weighted by atomic mass is 15.2. The Hall–Kier alpha value is -1.16. The van der Waals surface area contributed by atoms with E-state index >= 15 is 0 Å². The molecule has 0 radical (unpaired) electrons. The number of hydrogen-bond donors (Lipinski definition) is 1. The third-order valence-electron chi connectivity index (χ3n) is 2.56. The van der Waals surface area contributed by atoms with Crippen LogP contribution in [0.4, 0.5) is 5.95 Å². The monoisotopic (exact) mass is 236 g/mol. The minimum Gasteiger partial charge on any atom is -0.341 e. The predicted molar refractivity (Wildman–Crippen MR) is 72.2 cm³/mol. The fourth-order valence-corrected chi connectivity index (χ4v) is 1.48. The number of nitrogens with zero attached hydrogens (tertiary/aromatic N) is 3. The first kappa shape index (κ1) is 13.9. The van der Waals surface area contributed by atoms with Crippen LogP contribution in [-0.4, -0.2) is 28.6 Å². The number of anilines is 1. The number of nitrogens with one attached hydrogen (secondary N) is 1. The first-order valence-corrected chi connectivity index (χ1v) is 6.27. The summed E-state index contributed by atoms with van der Waals surface area (Å²) in [7, 11) is 0. The third kappa shape index (κ3) is 4.69. The van der Waals surface area contributed by atoms with Crippen molar-refractivity contribution in [2.24, 2.45) is 0 Å². The van der Waals surface area contributed by atoms with Gasteiger partial charge in [-0.3, -0.25) is 0 Å². The quantitative estimate of drug-likeness (QED) is 0.851. The van der Waals surface area contributed by atoms with Crippen LogP contribution in [0.25, 0.3) is 0 Å². The highest BCUT2D eigenvalue weighted by molar-refractivity contribution is 5.29. The van der Waals surface area contributed by atoms with Gasteiger partial charge in [0.1, 0.15) is 0 Å². The van der Waals surface area contributed by atoms with E-state index in [2.05, 4.69) is 54.8 Å². The third-order valence-corrected chi connectivity index (χ3v) is 2.56. The first-order valence-electron chi connectivity index (χ1n) is 6.27. The maximum Gasteiger partial charge on any atom is 0.225 e. The predicted octanol–water partition coefficient (Wildman–Crippen LogP) is 2.21. The van der Waals surface area contributed by atoms with Gasteiger partial charge in [-0.2, -0.15) is 0 Å². The molecule has 0 spiro atoms. The fourth-order valence-electron chi connectivity index (χ4n) is 1.48. The molecule has 1 heterocycles. The SMILES string of the molecule is CCN(CC)c1ncc(CNC(C)(C)C)cn1. The van der Waals surface area contributed by atoms with Gasteiger partial charge in [0.2, 0.25) is 5.95 Å². The molecule has 0 saturated carbocycles. The van der Waals surface area contributed by atoms with Crippen LogP contribution < -0.4 is 10.2 Å². The summed E-state index contributed by atoms with van der Waals surface area (Å²) in [5.74, 6) is 0.814. The van der Waals surface area contributed by atoms with Crippen LogP contribution in [0, 0.1) is 0 Å². The van der Waals surface area contributed by atoms with Gasteiger partial charge in [-0.25, -0.2) is 9.97 Å². The summed E-state index contributed by atoms with van der Waals surface area (Å²) in [6.07, 6.45) is 3.80. The van der Waals surface area contributed by atoms with Crippen molar-refractivity contribution in [3.8, 4) is 0 Å². The van der Waals surface area contributed by atoms with Crippen molar-refractivity contribution in [1.82, 2.24) is 15.3 Å². The Morgan fingerprint density at radius 1 is 1.12 bits per heavy atom. The number of aromatic nitrogens is 2. The van der Waals surface area contributed by atoms with Crippen molar-refractivity contribution in [2.45, 2.75) is 46.7 Å². The minimum atomic E-state index is 0.123. The van der Waals surface area contributed by atoms with E-state index in [1.807, 2.05) is 12.4 Å². The molecule has 0 aliphatic carbocycles. The van der Waals surface area contributed by atoms with Crippen LogP contribution in [0.1, 0.15) is 40.2 Å². The van der Waals surface area contributed by atoms with Crippen molar-refractivity contribution >= 4 is 5.95 Å². The Balaban J connectivity index is 2.62. The van der Waals surface area contributed by atoms with E-state index in [1.54, 1.807) is 0 Å². The standard InChI is InChI=1S/C13H24N4/c1-6-17(7-2)12-14-8-11(9-15-12)10-16-13(3,4)5/h8-9,16H,6-7,10H2,1-5H3.